The van der Waals surface area contributed by atoms with Gasteiger partial charge in [0.25, 0.3) is 0 Å². The van der Waals surface area contributed by atoms with Crippen molar-refractivity contribution in [2.45, 2.75) is 38.8 Å². The van der Waals surface area contributed by atoms with Gasteiger partial charge in [0, 0.05) is 18.7 Å². The molecule has 0 fully saturated rings. The molecule has 18 heavy (non-hydrogen) atoms. The zero-order valence-electron chi connectivity index (χ0n) is 11.2. The molecule has 4 heteroatoms. The molecule has 3 nitrogen and oxygen atoms in total. The van der Waals surface area contributed by atoms with Gasteiger partial charge in [-0.25, -0.2) is 4.39 Å². The van der Waals surface area contributed by atoms with Crippen LogP contribution in [0.1, 0.15) is 38.3 Å². The van der Waals surface area contributed by atoms with Crippen LogP contribution in [0.5, 0.6) is 5.75 Å². The number of methoxy groups -OCH3 is 1. The van der Waals surface area contributed by atoms with E-state index in [1.54, 1.807) is 12.1 Å². The minimum absolute atomic E-state index is 0.119. The van der Waals surface area contributed by atoms with Crippen LogP contribution in [-0.4, -0.2) is 24.9 Å². The summed E-state index contributed by atoms with van der Waals surface area (Å²) in [5.41, 5.74) is 0.990. The lowest BCUT2D eigenvalue weighted by atomic mass is 10.1. The lowest BCUT2D eigenvalue weighted by Gasteiger charge is -2.20. The van der Waals surface area contributed by atoms with Gasteiger partial charge < -0.3 is 15.2 Å². The molecule has 0 heterocycles. The predicted molar refractivity (Wildman–Crippen MR) is 70.3 cm³/mol. The van der Waals surface area contributed by atoms with Crippen molar-refractivity contribution in [2.75, 3.05) is 13.7 Å². The van der Waals surface area contributed by atoms with E-state index in [2.05, 4.69) is 12.2 Å². The minimum atomic E-state index is -0.346. The quantitative estimate of drug-likeness (QED) is 0.787. The Hall–Kier alpha value is -1.13. The standard InChI is InChI=1S/C14H22FNO2/c1-10(5-4-8-17)16-11(2)12-6-7-13(15)14(9-12)18-3/h6-7,9-11,16-17H,4-5,8H2,1-3H3. The maximum absolute atomic E-state index is 13.3. The molecule has 2 N–H and O–H groups in total. The number of ether oxygens (including phenoxy) is 1. The largest absolute Gasteiger partial charge is 0.494 e. The van der Waals surface area contributed by atoms with Crippen molar-refractivity contribution in [1.82, 2.24) is 5.32 Å². The van der Waals surface area contributed by atoms with Crippen molar-refractivity contribution in [3.63, 3.8) is 0 Å². The van der Waals surface area contributed by atoms with Gasteiger partial charge in [-0.05, 0) is 44.4 Å². The molecule has 102 valence electrons. The number of halogens is 1. The molecule has 1 aromatic carbocycles. The number of aliphatic hydroxyl groups is 1. The highest BCUT2D eigenvalue weighted by Gasteiger charge is 2.11. The van der Waals surface area contributed by atoms with Crippen molar-refractivity contribution in [3.05, 3.63) is 29.6 Å². The smallest absolute Gasteiger partial charge is 0.165 e. The molecule has 2 atom stereocenters. The number of nitrogens with one attached hydrogen (secondary N) is 1. The zero-order valence-corrected chi connectivity index (χ0v) is 11.2. The fourth-order valence-electron chi connectivity index (χ4n) is 1.95. The monoisotopic (exact) mass is 255 g/mol. The molecule has 0 bridgehead atoms. The fraction of sp³-hybridized carbons (Fsp3) is 0.571. The van der Waals surface area contributed by atoms with Gasteiger partial charge in [-0.15, -0.1) is 0 Å². The highest BCUT2D eigenvalue weighted by Crippen LogP contribution is 2.22. The molecule has 0 saturated heterocycles. The molecule has 0 aromatic heterocycles. The van der Waals surface area contributed by atoms with Crippen LogP contribution in [0.15, 0.2) is 18.2 Å². The van der Waals surface area contributed by atoms with Crippen LogP contribution in [-0.2, 0) is 0 Å². The van der Waals surface area contributed by atoms with Gasteiger partial charge in [0.2, 0.25) is 0 Å². The van der Waals surface area contributed by atoms with Crippen LogP contribution >= 0.6 is 0 Å². The van der Waals surface area contributed by atoms with E-state index in [-0.39, 0.29) is 24.2 Å². The van der Waals surface area contributed by atoms with E-state index < -0.39 is 0 Å². The van der Waals surface area contributed by atoms with Crippen molar-refractivity contribution >= 4 is 0 Å². The Kier molecular flexibility index (Phi) is 6.09. The van der Waals surface area contributed by atoms with Gasteiger partial charge in [-0.1, -0.05) is 6.07 Å². The molecule has 1 aromatic rings. The molecule has 2 unspecified atom stereocenters. The Morgan fingerprint density at radius 3 is 2.72 bits per heavy atom. The first-order chi connectivity index (χ1) is 8.58. The van der Waals surface area contributed by atoms with Crippen LogP contribution in [0.3, 0.4) is 0 Å². The summed E-state index contributed by atoms with van der Waals surface area (Å²) in [4.78, 5) is 0. The Labute approximate surface area is 108 Å². The summed E-state index contributed by atoms with van der Waals surface area (Å²) < 4.78 is 18.3. The summed E-state index contributed by atoms with van der Waals surface area (Å²) >= 11 is 0. The average molecular weight is 255 g/mol. The highest BCUT2D eigenvalue weighted by molar-refractivity contribution is 5.31. The van der Waals surface area contributed by atoms with E-state index in [4.69, 9.17) is 9.84 Å². The predicted octanol–water partition coefficient (Wildman–Crippen LogP) is 2.65. The van der Waals surface area contributed by atoms with E-state index in [0.717, 1.165) is 18.4 Å². The van der Waals surface area contributed by atoms with Crippen LogP contribution in [0.4, 0.5) is 4.39 Å². The molecule has 0 saturated carbocycles. The Morgan fingerprint density at radius 2 is 2.11 bits per heavy atom. The van der Waals surface area contributed by atoms with Crippen molar-refractivity contribution in [2.24, 2.45) is 0 Å². The molecule has 0 aliphatic rings. The topological polar surface area (TPSA) is 41.5 Å². The van der Waals surface area contributed by atoms with Gasteiger partial charge in [0.15, 0.2) is 11.6 Å². The molecule has 0 amide bonds. The molecule has 0 radical (unpaired) electrons. The molecular weight excluding hydrogens is 233 g/mol. The van der Waals surface area contributed by atoms with E-state index in [1.165, 1.54) is 13.2 Å². The Morgan fingerprint density at radius 1 is 1.39 bits per heavy atom. The summed E-state index contributed by atoms with van der Waals surface area (Å²) in [6, 6.07) is 5.32. The maximum Gasteiger partial charge on any atom is 0.165 e. The summed E-state index contributed by atoms with van der Waals surface area (Å²) in [5, 5.41) is 12.2. The molecule has 0 spiro atoms. The third-order valence-corrected chi connectivity index (χ3v) is 3.00. The number of hydrogen-bond acceptors (Lipinski definition) is 3. The molecular formula is C14H22FNO2. The summed E-state index contributed by atoms with van der Waals surface area (Å²) in [5.74, 6) is -0.0778. The van der Waals surface area contributed by atoms with Gasteiger partial charge in [0.05, 0.1) is 7.11 Å². The highest BCUT2D eigenvalue weighted by atomic mass is 19.1. The fourth-order valence-corrected chi connectivity index (χ4v) is 1.95. The van der Waals surface area contributed by atoms with Crippen LogP contribution < -0.4 is 10.1 Å². The number of aliphatic hydroxyl groups excluding tert-OH is 1. The second kappa shape index (κ2) is 7.34. The van der Waals surface area contributed by atoms with E-state index >= 15 is 0 Å². The van der Waals surface area contributed by atoms with Crippen molar-refractivity contribution in [3.8, 4) is 5.75 Å². The van der Waals surface area contributed by atoms with Crippen LogP contribution in [0.25, 0.3) is 0 Å². The van der Waals surface area contributed by atoms with Crippen molar-refractivity contribution < 1.29 is 14.2 Å². The minimum Gasteiger partial charge on any atom is -0.494 e. The first-order valence-corrected chi connectivity index (χ1v) is 6.28. The first-order valence-electron chi connectivity index (χ1n) is 6.28. The maximum atomic E-state index is 13.3. The third-order valence-electron chi connectivity index (χ3n) is 3.00. The molecule has 1 rings (SSSR count). The van der Waals surface area contributed by atoms with Gasteiger partial charge >= 0.3 is 0 Å². The Bertz CT molecular complexity index is 371. The van der Waals surface area contributed by atoms with E-state index in [0.29, 0.717) is 6.04 Å². The number of benzene rings is 1. The summed E-state index contributed by atoms with van der Waals surface area (Å²) in [7, 11) is 1.46. The lowest BCUT2D eigenvalue weighted by Crippen LogP contribution is -2.29. The zero-order chi connectivity index (χ0) is 13.5. The second-order valence-corrected chi connectivity index (χ2v) is 4.55. The van der Waals surface area contributed by atoms with Crippen molar-refractivity contribution in [1.29, 1.82) is 0 Å². The third kappa shape index (κ3) is 4.27. The van der Waals surface area contributed by atoms with Gasteiger partial charge in [0.1, 0.15) is 0 Å². The summed E-state index contributed by atoms with van der Waals surface area (Å²) in [6.45, 7) is 4.32. The summed E-state index contributed by atoms with van der Waals surface area (Å²) in [6.07, 6.45) is 1.70. The second-order valence-electron chi connectivity index (χ2n) is 4.55. The average Bonchev–Trinajstić information content (AvgIpc) is 2.36. The SMILES string of the molecule is COc1cc(C(C)NC(C)CCCO)ccc1F. The van der Waals surface area contributed by atoms with Crippen LogP contribution in [0, 0.1) is 5.82 Å². The Balaban J connectivity index is 2.63. The van der Waals surface area contributed by atoms with E-state index in [1.807, 2.05) is 6.92 Å². The van der Waals surface area contributed by atoms with Gasteiger partial charge in [-0.2, -0.15) is 0 Å². The van der Waals surface area contributed by atoms with E-state index in [9.17, 15) is 4.39 Å². The number of hydrogen-bond donors (Lipinski definition) is 2. The first kappa shape index (κ1) is 14.9. The molecule has 0 aliphatic heterocycles. The molecule has 0 aliphatic carbocycles. The van der Waals surface area contributed by atoms with Crippen LogP contribution in [0.2, 0.25) is 0 Å². The lowest BCUT2D eigenvalue weighted by molar-refractivity contribution is 0.274. The number of rotatable bonds is 7. The van der Waals surface area contributed by atoms with Gasteiger partial charge in [-0.3, -0.25) is 0 Å². The normalized spacial score (nSPS) is 14.3.